The smallest absolute Gasteiger partial charge is 0.125 e. The summed E-state index contributed by atoms with van der Waals surface area (Å²) in [5.41, 5.74) is 17.1. The average molecular weight is 978 g/mol. The minimum Gasteiger partial charge on any atom is -0.497 e. The maximum atomic E-state index is 9.24. The van der Waals surface area contributed by atoms with Crippen LogP contribution in [0.5, 0.6) is 69.0 Å². The third kappa shape index (κ3) is 15.0. The summed E-state index contributed by atoms with van der Waals surface area (Å²) in [5, 5.41) is 3.82. The molecule has 0 aliphatic heterocycles. The van der Waals surface area contributed by atoms with Gasteiger partial charge < -0.3 is 56.8 Å². The standard InChI is InChI=1S/C57H59N3O12/c1-37-9-10-45(57(13-37)66-8)36-72-56-24-44(23-55(29-56)71-33-42-19-49(64-6)26-50(20-42)65-7)35-69-52-15-39(30-59-60-58)14-51(27-52)68-34-43-21-53(67-31-40-11-38(2)12-46(16-40)61-3)28-54(22-43)70-32-41-17-47(62-4)25-48(18-41)63-5/h9-29H,30-36H2,1-8H3. The number of rotatable bonds is 26. The molecule has 72 heavy (non-hydrogen) atoms. The van der Waals surface area contributed by atoms with Gasteiger partial charge in [-0.1, -0.05) is 23.3 Å². The highest BCUT2D eigenvalue weighted by Gasteiger charge is 2.13. The highest BCUT2D eigenvalue weighted by Crippen LogP contribution is 2.33. The minimum atomic E-state index is 0.0724. The SMILES string of the molecule is COc1cc(C)cc(COc2cc(COc3cc(CN=[N+]=[N-])cc(OCc4cc(OCc5cc(OC)cc(OC)c5)cc(OCc5ccc(C)cc5OC)c4)c3)cc(OCc3cc(OC)cc(OC)c3)c2)c1. The second-order valence-corrected chi connectivity index (χ2v) is 16.7. The zero-order valence-electron chi connectivity index (χ0n) is 41.8. The van der Waals surface area contributed by atoms with E-state index < -0.39 is 0 Å². The lowest BCUT2D eigenvalue weighted by molar-refractivity contribution is 0.274. The van der Waals surface area contributed by atoms with Crippen molar-refractivity contribution < 1.29 is 56.8 Å². The molecule has 7 rings (SSSR count). The van der Waals surface area contributed by atoms with Crippen LogP contribution in [-0.4, -0.2) is 42.7 Å². The van der Waals surface area contributed by atoms with Gasteiger partial charge in [0.15, 0.2) is 0 Å². The molecule has 0 spiro atoms. The predicted octanol–water partition coefficient (Wildman–Crippen LogP) is 12.6. The Balaban J connectivity index is 1.12. The maximum Gasteiger partial charge on any atom is 0.125 e. The first-order valence-corrected chi connectivity index (χ1v) is 23.0. The van der Waals surface area contributed by atoms with E-state index in [-0.39, 0.29) is 39.6 Å². The largest absolute Gasteiger partial charge is 0.497 e. The molecule has 0 unspecified atom stereocenters. The van der Waals surface area contributed by atoms with Crippen LogP contribution in [0.2, 0.25) is 0 Å². The maximum absolute atomic E-state index is 9.24. The van der Waals surface area contributed by atoms with E-state index in [0.29, 0.717) is 69.7 Å². The summed E-state index contributed by atoms with van der Waals surface area (Å²) in [5.74, 6) is 7.31. The monoisotopic (exact) mass is 977 g/mol. The number of hydrogen-bond donors (Lipinski definition) is 0. The van der Waals surface area contributed by atoms with Gasteiger partial charge in [-0.05, 0) is 143 Å². The van der Waals surface area contributed by atoms with Crippen LogP contribution in [0.15, 0.2) is 133 Å². The molecule has 0 N–H and O–H groups in total. The van der Waals surface area contributed by atoms with Crippen LogP contribution in [0.3, 0.4) is 0 Å². The van der Waals surface area contributed by atoms with Crippen molar-refractivity contribution in [1.29, 1.82) is 0 Å². The molecule has 0 radical (unpaired) electrons. The fourth-order valence-electron chi connectivity index (χ4n) is 7.65. The van der Waals surface area contributed by atoms with Crippen molar-refractivity contribution in [1.82, 2.24) is 0 Å². The normalized spacial score (nSPS) is 10.6. The molecule has 0 fully saturated rings. The van der Waals surface area contributed by atoms with Crippen molar-refractivity contribution >= 4 is 0 Å². The minimum absolute atomic E-state index is 0.0724. The second-order valence-electron chi connectivity index (χ2n) is 16.7. The zero-order valence-corrected chi connectivity index (χ0v) is 41.8. The van der Waals surface area contributed by atoms with Gasteiger partial charge in [0.05, 0.1) is 49.2 Å². The molecule has 0 amide bonds. The molecular formula is C57H59N3O12. The molecule has 0 atom stereocenters. The Bertz CT molecular complexity index is 2950. The Hall–Kier alpha value is -8.55. The number of benzene rings is 7. The van der Waals surface area contributed by atoms with Gasteiger partial charge in [-0.3, -0.25) is 0 Å². The van der Waals surface area contributed by atoms with E-state index >= 15 is 0 Å². The Morgan fingerprint density at radius 3 is 1.01 bits per heavy atom. The first-order chi connectivity index (χ1) is 35.0. The van der Waals surface area contributed by atoms with E-state index in [2.05, 4.69) is 16.1 Å². The van der Waals surface area contributed by atoms with Crippen molar-refractivity contribution in [3.63, 3.8) is 0 Å². The van der Waals surface area contributed by atoms with Crippen LogP contribution in [0.4, 0.5) is 0 Å². The van der Waals surface area contributed by atoms with Gasteiger partial charge in [-0.15, -0.1) is 0 Å². The number of methoxy groups -OCH3 is 6. The Morgan fingerprint density at radius 2 is 0.653 bits per heavy atom. The van der Waals surface area contributed by atoms with Crippen molar-refractivity contribution in [3.8, 4) is 69.0 Å². The fourth-order valence-corrected chi connectivity index (χ4v) is 7.65. The van der Waals surface area contributed by atoms with Crippen molar-refractivity contribution in [2.75, 3.05) is 42.7 Å². The van der Waals surface area contributed by atoms with Crippen molar-refractivity contribution in [2.24, 2.45) is 5.11 Å². The third-order valence-corrected chi connectivity index (χ3v) is 11.2. The van der Waals surface area contributed by atoms with E-state index in [0.717, 1.165) is 56.0 Å². The summed E-state index contributed by atoms with van der Waals surface area (Å²) in [4.78, 5) is 2.99. The molecule has 0 aromatic heterocycles. The molecule has 15 nitrogen and oxygen atoms in total. The van der Waals surface area contributed by atoms with Gasteiger partial charge >= 0.3 is 0 Å². The Morgan fingerprint density at radius 1 is 0.333 bits per heavy atom. The van der Waals surface area contributed by atoms with E-state index in [1.165, 1.54) is 0 Å². The number of azide groups is 1. The van der Waals surface area contributed by atoms with Crippen LogP contribution >= 0.6 is 0 Å². The first kappa shape index (κ1) is 51.3. The van der Waals surface area contributed by atoms with E-state index in [4.69, 9.17) is 56.8 Å². The summed E-state index contributed by atoms with van der Waals surface area (Å²) in [6, 6.07) is 39.8. The van der Waals surface area contributed by atoms with Crippen LogP contribution in [-0.2, 0) is 46.2 Å². The molecule has 0 aliphatic carbocycles. The highest BCUT2D eigenvalue weighted by molar-refractivity contribution is 5.45. The molecule has 374 valence electrons. The highest BCUT2D eigenvalue weighted by atomic mass is 16.5. The molecule has 0 saturated carbocycles. The first-order valence-electron chi connectivity index (χ1n) is 23.0. The van der Waals surface area contributed by atoms with Gasteiger partial charge in [0.2, 0.25) is 0 Å². The molecular weight excluding hydrogens is 919 g/mol. The molecule has 15 heteroatoms. The van der Waals surface area contributed by atoms with Crippen LogP contribution in [0.25, 0.3) is 10.4 Å². The quantitative estimate of drug-likeness (QED) is 0.0287. The molecule has 0 saturated heterocycles. The lowest BCUT2D eigenvalue weighted by atomic mass is 10.1. The second kappa shape index (κ2) is 25.3. The molecule has 0 bridgehead atoms. The van der Waals surface area contributed by atoms with Gasteiger partial charge in [0, 0.05) is 40.8 Å². The Labute approximate surface area is 420 Å². The van der Waals surface area contributed by atoms with Gasteiger partial charge in [0.1, 0.15) is 109 Å². The van der Waals surface area contributed by atoms with Gasteiger partial charge in [-0.25, -0.2) is 0 Å². The van der Waals surface area contributed by atoms with E-state index in [9.17, 15) is 5.53 Å². The van der Waals surface area contributed by atoms with Gasteiger partial charge in [0.25, 0.3) is 0 Å². The molecule has 0 aliphatic rings. The third-order valence-electron chi connectivity index (χ3n) is 11.2. The topological polar surface area (TPSA) is 160 Å². The molecule has 0 heterocycles. The number of aryl methyl sites for hydroxylation is 2. The van der Waals surface area contributed by atoms with Crippen LogP contribution in [0, 0.1) is 13.8 Å². The summed E-state index contributed by atoms with van der Waals surface area (Å²) in [7, 11) is 9.70. The Kier molecular flexibility index (Phi) is 18.1. The predicted molar refractivity (Wildman–Crippen MR) is 273 cm³/mol. The van der Waals surface area contributed by atoms with Crippen molar-refractivity contribution in [3.05, 3.63) is 188 Å². The number of hydrogen-bond acceptors (Lipinski definition) is 13. The van der Waals surface area contributed by atoms with Crippen molar-refractivity contribution in [2.45, 2.75) is 60.0 Å². The summed E-state index contributed by atoms with van der Waals surface area (Å²) in [6.07, 6.45) is 0. The molecule has 7 aromatic carbocycles. The summed E-state index contributed by atoms with van der Waals surface area (Å²) < 4.78 is 71.4. The van der Waals surface area contributed by atoms with Crippen LogP contribution < -0.4 is 56.8 Å². The van der Waals surface area contributed by atoms with E-state index in [1.54, 1.807) is 60.9 Å². The fraction of sp³-hybridized carbons (Fsp3) is 0.263. The summed E-state index contributed by atoms with van der Waals surface area (Å²) in [6.45, 7) is 5.36. The van der Waals surface area contributed by atoms with E-state index in [1.807, 2.05) is 117 Å². The number of ether oxygens (including phenoxy) is 12. The van der Waals surface area contributed by atoms with Gasteiger partial charge in [-0.2, -0.15) is 0 Å². The number of nitrogens with zero attached hydrogens (tertiary/aromatic N) is 3. The average Bonchev–Trinajstić information content (AvgIpc) is 3.40. The zero-order chi connectivity index (χ0) is 50.8. The lowest BCUT2D eigenvalue weighted by Crippen LogP contribution is -2.03. The van der Waals surface area contributed by atoms with Crippen LogP contribution in [0.1, 0.15) is 50.1 Å². The summed E-state index contributed by atoms with van der Waals surface area (Å²) >= 11 is 0. The molecule has 7 aromatic rings. The lowest BCUT2D eigenvalue weighted by Gasteiger charge is -2.16.